The number of hydrogen-bond acceptors (Lipinski definition) is 7. The summed E-state index contributed by atoms with van der Waals surface area (Å²) in [5.74, 6) is -1.08. The van der Waals surface area contributed by atoms with Crippen molar-refractivity contribution in [3.8, 4) is 0 Å². The van der Waals surface area contributed by atoms with Crippen molar-refractivity contribution in [2.75, 3.05) is 11.3 Å². The number of hydrogen-bond donors (Lipinski definition) is 2. The molecule has 0 aliphatic heterocycles. The van der Waals surface area contributed by atoms with Crippen LogP contribution in [0.1, 0.15) is 19.8 Å². The third kappa shape index (κ3) is 4.46. The zero-order chi connectivity index (χ0) is 17.7. The number of ether oxygens (including phenoxy) is 1. The van der Waals surface area contributed by atoms with Gasteiger partial charge in [-0.1, -0.05) is 11.6 Å². The van der Waals surface area contributed by atoms with E-state index in [2.05, 4.69) is 9.90 Å². The van der Waals surface area contributed by atoms with Crippen LogP contribution in [0, 0.1) is 10.7 Å². The molecule has 0 saturated carbocycles. The van der Waals surface area contributed by atoms with Crippen LogP contribution >= 0.6 is 23.5 Å². The Bertz CT molecular complexity index is 673. The van der Waals surface area contributed by atoms with Crippen molar-refractivity contribution >= 4 is 35.2 Å². The van der Waals surface area contributed by atoms with Crippen LogP contribution in [0.2, 0.25) is 5.02 Å². The minimum Gasteiger partial charge on any atom is -0.463 e. The van der Waals surface area contributed by atoms with Crippen LogP contribution in [-0.4, -0.2) is 28.7 Å². The Morgan fingerprint density at radius 3 is 3.00 bits per heavy atom. The monoisotopic (exact) mass is 374 g/mol. The summed E-state index contributed by atoms with van der Waals surface area (Å²) in [6.07, 6.45) is 1.53. The lowest BCUT2D eigenvalue weighted by molar-refractivity contribution is -0.139. The molecule has 2 unspecified atom stereocenters. The Hall–Kier alpha value is -1.64. The van der Waals surface area contributed by atoms with Gasteiger partial charge in [0.1, 0.15) is 5.82 Å². The van der Waals surface area contributed by atoms with E-state index in [1.54, 1.807) is 6.92 Å². The summed E-state index contributed by atoms with van der Waals surface area (Å²) in [5, 5.41) is 12.5. The second-order valence-electron chi connectivity index (χ2n) is 5.16. The lowest BCUT2D eigenvalue weighted by atomic mass is 9.93. The largest absolute Gasteiger partial charge is 0.463 e. The minimum atomic E-state index is -1.91. The number of anilines is 1. The maximum atomic E-state index is 13.1. The maximum absolute atomic E-state index is 13.1. The third-order valence-corrected chi connectivity index (χ3v) is 4.84. The van der Waals surface area contributed by atoms with Gasteiger partial charge < -0.3 is 14.6 Å². The molecule has 9 heteroatoms. The second-order valence-corrected chi connectivity index (χ2v) is 6.58. The normalized spacial score (nSPS) is 23.3. The highest BCUT2D eigenvalue weighted by Gasteiger charge is 2.37. The van der Waals surface area contributed by atoms with Gasteiger partial charge in [0.05, 0.1) is 28.1 Å². The van der Waals surface area contributed by atoms with E-state index in [0.717, 1.165) is 18.0 Å². The van der Waals surface area contributed by atoms with Gasteiger partial charge in [-0.25, -0.2) is 9.18 Å². The number of aliphatic hydroxyl groups is 1. The fourth-order valence-electron chi connectivity index (χ4n) is 2.22. The molecule has 24 heavy (non-hydrogen) atoms. The molecule has 2 N–H and O–H groups in total. The van der Waals surface area contributed by atoms with E-state index in [-0.39, 0.29) is 28.9 Å². The fourth-order valence-corrected chi connectivity index (χ4v) is 3.46. The van der Waals surface area contributed by atoms with Crippen LogP contribution in [-0.2, 0) is 9.53 Å². The summed E-state index contributed by atoms with van der Waals surface area (Å²) in [4.78, 5) is 22.9. The topological polar surface area (TPSA) is 88.0 Å². The number of rotatable bonds is 6. The summed E-state index contributed by atoms with van der Waals surface area (Å²) >= 11 is 7.11. The Kier molecular flexibility index (Phi) is 6.20. The number of carbonyl (C=O) groups excluding carboxylic acids is 1. The van der Waals surface area contributed by atoms with E-state index in [4.69, 9.17) is 16.3 Å². The third-order valence-electron chi connectivity index (χ3n) is 3.42. The molecule has 0 bridgehead atoms. The highest BCUT2D eigenvalue weighted by molar-refractivity contribution is 8.01. The standard InChI is InChI=1S/C15H16ClFN2O4S/c1-2-23-14(20)10-8-15(21,19-22)6-5-13(10)24-18-12-4-3-9(17)7-11(12)16/h3-4,7-8,13,18,21H,2,5-6H2,1H3. The van der Waals surface area contributed by atoms with E-state index >= 15 is 0 Å². The highest BCUT2D eigenvalue weighted by Crippen LogP contribution is 2.36. The number of nitrogens with one attached hydrogen (secondary N) is 1. The quantitative estimate of drug-likeness (QED) is 0.449. The van der Waals surface area contributed by atoms with E-state index in [9.17, 15) is 19.2 Å². The van der Waals surface area contributed by atoms with Crippen LogP contribution < -0.4 is 4.72 Å². The van der Waals surface area contributed by atoms with Gasteiger partial charge in [0.25, 0.3) is 0 Å². The molecule has 1 aliphatic rings. The predicted molar refractivity (Wildman–Crippen MR) is 91.1 cm³/mol. The van der Waals surface area contributed by atoms with Crippen molar-refractivity contribution < 1.29 is 19.0 Å². The van der Waals surface area contributed by atoms with Gasteiger partial charge in [0.2, 0.25) is 5.72 Å². The molecule has 0 fully saturated rings. The first-order valence-corrected chi connectivity index (χ1v) is 8.48. The Morgan fingerprint density at radius 2 is 2.38 bits per heavy atom. The van der Waals surface area contributed by atoms with Crippen LogP contribution in [0.3, 0.4) is 0 Å². The first-order chi connectivity index (χ1) is 11.4. The second kappa shape index (κ2) is 7.96. The number of carbonyl (C=O) groups is 1. The zero-order valence-electron chi connectivity index (χ0n) is 12.8. The van der Waals surface area contributed by atoms with E-state index < -0.39 is 17.5 Å². The average Bonchev–Trinajstić information content (AvgIpc) is 2.55. The molecular formula is C15H16ClFN2O4S. The Morgan fingerprint density at radius 1 is 1.62 bits per heavy atom. The van der Waals surface area contributed by atoms with E-state index in [0.29, 0.717) is 12.1 Å². The predicted octanol–water partition coefficient (Wildman–Crippen LogP) is 3.65. The number of nitroso groups, excluding NO2 is 1. The molecule has 0 spiro atoms. The molecule has 2 atom stereocenters. The molecule has 0 saturated heterocycles. The summed E-state index contributed by atoms with van der Waals surface area (Å²) in [6, 6.07) is 3.90. The van der Waals surface area contributed by atoms with E-state index in [1.165, 1.54) is 18.2 Å². The highest BCUT2D eigenvalue weighted by atomic mass is 35.5. The van der Waals surface area contributed by atoms with Crippen LogP contribution in [0.5, 0.6) is 0 Å². The number of nitrogens with zero attached hydrogens (tertiary/aromatic N) is 1. The molecule has 1 aromatic carbocycles. The van der Waals surface area contributed by atoms with Crippen molar-refractivity contribution in [3.63, 3.8) is 0 Å². The van der Waals surface area contributed by atoms with Gasteiger partial charge in [-0.05, 0) is 54.7 Å². The smallest absolute Gasteiger partial charge is 0.335 e. The molecular weight excluding hydrogens is 359 g/mol. The molecule has 0 aromatic heterocycles. The van der Waals surface area contributed by atoms with Crippen LogP contribution in [0.4, 0.5) is 10.1 Å². The first kappa shape index (κ1) is 18.7. The molecule has 1 aromatic rings. The number of esters is 1. The Labute approximate surface area is 147 Å². The number of benzene rings is 1. The maximum Gasteiger partial charge on any atom is 0.335 e. The fraction of sp³-hybridized carbons (Fsp3) is 0.400. The molecule has 2 rings (SSSR count). The molecule has 1 aliphatic carbocycles. The lowest BCUT2D eigenvalue weighted by Gasteiger charge is -2.29. The van der Waals surface area contributed by atoms with E-state index in [1.807, 2.05) is 0 Å². The lowest BCUT2D eigenvalue weighted by Crippen LogP contribution is -2.34. The summed E-state index contributed by atoms with van der Waals surface area (Å²) < 4.78 is 21.0. The van der Waals surface area contributed by atoms with Crippen molar-refractivity contribution in [3.05, 3.63) is 45.6 Å². The molecule has 0 heterocycles. The molecule has 6 nitrogen and oxygen atoms in total. The van der Waals surface area contributed by atoms with Crippen molar-refractivity contribution in [2.45, 2.75) is 30.7 Å². The summed E-state index contributed by atoms with van der Waals surface area (Å²) in [7, 11) is 0. The average molecular weight is 375 g/mol. The van der Waals surface area contributed by atoms with Gasteiger partial charge in [-0.15, -0.1) is 4.91 Å². The molecule has 0 radical (unpaired) electrons. The van der Waals surface area contributed by atoms with Gasteiger partial charge >= 0.3 is 5.97 Å². The molecule has 130 valence electrons. The Balaban J connectivity index is 2.16. The van der Waals surface area contributed by atoms with Gasteiger partial charge in [0.15, 0.2) is 0 Å². The SMILES string of the molecule is CCOC(=O)C1=CC(O)(N=O)CCC1SNc1ccc(F)cc1Cl. The minimum absolute atomic E-state index is 0.0793. The van der Waals surface area contributed by atoms with Gasteiger partial charge in [-0.2, -0.15) is 0 Å². The molecule has 0 amide bonds. The van der Waals surface area contributed by atoms with Crippen molar-refractivity contribution in [1.29, 1.82) is 0 Å². The van der Waals surface area contributed by atoms with Gasteiger partial charge in [0, 0.05) is 6.42 Å². The van der Waals surface area contributed by atoms with Crippen molar-refractivity contribution in [2.24, 2.45) is 5.18 Å². The van der Waals surface area contributed by atoms with Crippen molar-refractivity contribution in [1.82, 2.24) is 0 Å². The van der Waals surface area contributed by atoms with Gasteiger partial charge in [-0.3, -0.25) is 0 Å². The van der Waals surface area contributed by atoms with Crippen LogP contribution in [0.25, 0.3) is 0 Å². The first-order valence-electron chi connectivity index (χ1n) is 7.22. The summed E-state index contributed by atoms with van der Waals surface area (Å²) in [5.41, 5.74) is -1.27. The number of halogens is 2. The van der Waals surface area contributed by atoms with Crippen LogP contribution in [0.15, 0.2) is 35.0 Å². The summed E-state index contributed by atoms with van der Waals surface area (Å²) in [6.45, 7) is 1.82. The zero-order valence-corrected chi connectivity index (χ0v) is 14.4.